The lowest BCUT2D eigenvalue weighted by Crippen LogP contribution is -2.27. The zero-order valence-electron chi connectivity index (χ0n) is 10.7. The smallest absolute Gasteiger partial charge is 0.186 e. The van der Waals surface area contributed by atoms with Gasteiger partial charge in [-0.1, -0.05) is 29.3 Å². The summed E-state index contributed by atoms with van der Waals surface area (Å²) in [4.78, 5) is -0.0808. The van der Waals surface area contributed by atoms with Crippen LogP contribution in [0.4, 0.5) is 0 Å². The molecule has 0 bridgehead atoms. The molecule has 108 valence electrons. The predicted octanol–water partition coefficient (Wildman–Crippen LogP) is 3.17. The van der Waals surface area contributed by atoms with Crippen LogP contribution in [-0.4, -0.2) is 33.7 Å². The Bertz CT molecular complexity index is 490. The van der Waals surface area contributed by atoms with Gasteiger partial charge < -0.3 is 9.47 Å². The van der Waals surface area contributed by atoms with Crippen LogP contribution in [0, 0.1) is 0 Å². The molecule has 0 fully saturated rings. The molecule has 4 nitrogen and oxygen atoms in total. The maximum Gasteiger partial charge on any atom is 0.186 e. The fourth-order valence-electron chi connectivity index (χ4n) is 1.56. The van der Waals surface area contributed by atoms with Crippen LogP contribution < -0.4 is 0 Å². The van der Waals surface area contributed by atoms with Crippen molar-refractivity contribution < 1.29 is 17.9 Å². The molecule has 0 atom stereocenters. The van der Waals surface area contributed by atoms with E-state index in [1.807, 2.05) is 0 Å². The van der Waals surface area contributed by atoms with E-state index in [0.717, 1.165) is 0 Å². The molecule has 0 aliphatic rings. The summed E-state index contributed by atoms with van der Waals surface area (Å²) < 4.78 is 35.1. The highest BCUT2D eigenvalue weighted by atomic mass is 35.5. The predicted molar refractivity (Wildman–Crippen MR) is 75.6 cm³/mol. The number of halogens is 2. The highest BCUT2D eigenvalue weighted by molar-refractivity contribution is 7.91. The average molecular weight is 327 g/mol. The number of sulfone groups is 1. The summed E-state index contributed by atoms with van der Waals surface area (Å²) in [6.45, 7) is 4.25. The minimum atomic E-state index is -3.68. The van der Waals surface area contributed by atoms with Gasteiger partial charge in [-0.3, -0.25) is 0 Å². The molecule has 0 aliphatic carbocycles. The molecule has 1 aromatic rings. The first-order valence-corrected chi connectivity index (χ1v) is 8.23. The summed E-state index contributed by atoms with van der Waals surface area (Å²) >= 11 is 11.8. The lowest BCUT2D eigenvalue weighted by atomic mass is 10.4. The van der Waals surface area contributed by atoms with E-state index in [2.05, 4.69) is 0 Å². The number of ether oxygens (including phenoxy) is 2. The van der Waals surface area contributed by atoms with E-state index in [1.165, 1.54) is 12.1 Å². The van der Waals surface area contributed by atoms with Gasteiger partial charge >= 0.3 is 0 Å². The minimum absolute atomic E-state index is 0.0808. The summed E-state index contributed by atoms with van der Waals surface area (Å²) in [7, 11) is -3.68. The molecule has 0 amide bonds. The zero-order valence-corrected chi connectivity index (χ0v) is 13.1. The van der Waals surface area contributed by atoms with Crippen molar-refractivity contribution >= 4 is 33.0 Å². The fourth-order valence-corrected chi connectivity index (χ4v) is 4.11. The summed E-state index contributed by atoms with van der Waals surface area (Å²) in [6, 6.07) is 4.56. The highest BCUT2D eigenvalue weighted by Gasteiger charge is 2.26. The summed E-state index contributed by atoms with van der Waals surface area (Å²) in [6.07, 6.45) is -0.827. The highest BCUT2D eigenvalue weighted by Crippen LogP contribution is 2.30. The quantitative estimate of drug-likeness (QED) is 0.722. The van der Waals surface area contributed by atoms with E-state index in [-0.39, 0.29) is 20.7 Å². The van der Waals surface area contributed by atoms with E-state index in [0.29, 0.717) is 13.2 Å². The SMILES string of the molecule is CCOC(CS(=O)(=O)c1c(Cl)cccc1Cl)OCC. The van der Waals surface area contributed by atoms with Crippen molar-refractivity contribution in [3.05, 3.63) is 28.2 Å². The molecule has 19 heavy (non-hydrogen) atoms. The van der Waals surface area contributed by atoms with Crippen molar-refractivity contribution in [2.75, 3.05) is 19.0 Å². The van der Waals surface area contributed by atoms with Crippen molar-refractivity contribution in [1.29, 1.82) is 0 Å². The van der Waals surface area contributed by atoms with E-state index in [4.69, 9.17) is 32.7 Å². The average Bonchev–Trinajstić information content (AvgIpc) is 2.28. The zero-order chi connectivity index (χ0) is 14.5. The van der Waals surface area contributed by atoms with Gasteiger partial charge in [0.25, 0.3) is 0 Å². The van der Waals surface area contributed by atoms with Crippen molar-refractivity contribution in [2.45, 2.75) is 25.0 Å². The Morgan fingerprint density at radius 2 is 1.58 bits per heavy atom. The third-order valence-electron chi connectivity index (χ3n) is 2.29. The van der Waals surface area contributed by atoms with Crippen LogP contribution in [0.25, 0.3) is 0 Å². The van der Waals surface area contributed by atoms with E-state index in [1.54, 1.807) is 19.9 Å². The largest absolute Gasteiger partial charge is 0.352 e. The Labute approximate surface area is 123 Å². The maximum absolute atomic E-state index is 12.3. The molecule has 0 spiro atoms. The normalized spacial score (nSPS) is 12.1. The van der Waals surface area contributed by atoms with Crippen molar-refractivity contribution in [1.82, 2.24) is 0 Å². The molecule has 1 rings (SSSR count). The maximum atomic E-state index is 12.3. The van der Waals surface area contributed by atoms with Crippen LogP contribution in [0.3, 0.4) is 0 Å². The Kier molecular flexibility index (Phi) is 6.56. The van der Waals surface area contributed by atoms with Crippen LogP contribution in [0.15, 0.2) is 23.1 Å². The van der Waals surface area contributed by atoms with Crippen LogP contribution in [0.2, 0.25) is 10.0 Å². The lowest BCUT2D eigenvalue weighted by molar-refractivity contribution is -0.120. The number of hydrogen-bond donors (Lipinski definition) is 0. The molecule has 0 heterocycles. The van der Waals surface area contributed by atoms with E-state index in [9.17, 15) is 8.42 Å². The second-order valence-corrected chi connectivity index (χ2v) is 6.46. The number of hydrogen-bond acceptors (Lipinski definition) is 4. The second-order valence-electron chi connectivity index (χ2n) is 3.67. The van der Waals surface area contributed by atoms with E-state index < -0.39 is 16.1 Å². The van der Waals surface area contributed by atoms with Gasteiger partial charge in [0.1, 0.15) is 10.6 Å². The first-order valence-electron chi connectivity index (χ1n) is 5.82. The van der Waals surface area contributed by atoms with E-state index >= 15 is 0 Å². The van der Waals surface area contributed by atoms with Gasteiger partial charge in [-0.25, -0.2) is 8.42 Å². The van der Waals surface area contributed by atoms with Crippen molar-refractivity contribution in [3.63, 3.8) is 0 Å². The first-order chi connectivity index (χ1) is 8.92. The summed E-state index contributed by atoms with van der Waals surface area (Å²) in [5, 5.41) is 0.193. The van der Waals surface area contributed by atoms with Gasteiger partial charge in [0.15, 0.2) is 16.1 Å². The first kappa shape index (κ1) is 16.7. The second kappa shape index (κ2) is 7.45. The standard InChI is InChI=1S/C12H16Cl2O4S/c1-3-17-11(18-4-2)8-19(15,16)12-9(13)6-5-7-10(12)14/h5-7,11H,3-4,8H2,1-2H3. The minimum Gasteiger partial charge on any atom is -0.352 e. The monoisotopic (exact) mass is 326 g/mol. The lowest BCUT2D eigenvalue weighted by Gasteiger charge is -2.17. The molecule has 1 aromatic carbocycles. The van der Waals surface area contributed by atoms with Gasteiger partial charge in [-0.15, -0.1) is 0 Å². The fraction of sp³-hybridized carbons (Fsp3) is 0.500. The van der Waals surface area contributed by atoms with Gasteiger partial charge in [0.2, 0.25) is 0 Å². The molecule has 0 saturated heterocycles. The molecule has 0 unspecified atom stereocenters. The molecule has 7 heteroatoms. The van der Waals surface area contributed by atoms with Crippen molar-refractivity contribution in [2.24, 2.45) is 0 Å². The van der Waals surface area contributed by atoms with Gasteiger partial charge in [-0.05, 0) is 26.0 Å². The van der Waals surface area contributed by atoms with Gasteiger partial charge in [0, 0.05) is 13.2 Å². The topological polar surface area (TPSA) is 52.6 Å². The summed E-state index contributed by atoms with van der Waals surface area (Å²) in [5.74, 6) is -0.321. The molecular weight excluding hydrogens is 311 g/mol. The van der Waals surface area contributed by atoms with Crippen LogP contribution in [-0.2, 0) is 19.3 Å². The van der Waals surface area contributed by atoms with Crippen LogP contribution in [0.1, 0.15) is 13.8 Å². The molecule has 0 saturated carbocycles. The summed E-state index contributed by atoms with van der Waals surface area (Å²) in [5.41, 5.74) is 0. The third-order valence-corrected chi connectivity index (χ3v) is 4.92. The number of rotatable bonds is 7. The van der Waals surface area contributed by atoms with Crippen molar-refractivity contribution in [3.8, 4) is 0 Å². The van der Waals surface area contributed by atoms with Gasteiger partial charge in [-0.2, -0.15) is 0 Å². The Morgan fingerprint density at radius 1 is 1.11 bits per heavy atom. The Morgan fingerprint density at radius 3 is 2.00 bits per heavy atom. The third kappa shape index (κ3) is 4.61. The Hall–Kier alpha value is -0.330. The van der Waals surface area contributed by atoms with Crippen LogP contribution >= 0.6 is 23.2 Å². The molecule has 0 aliphatic heterocycles. The molecule has 0 radical (unpaired) electrons. The van der Waals surface area contributed by atoms with Gasteiger partial charge in [0.05, 0.1) is 10.0 Å². The number of benzene rings is 1. The Balaban J connectivity index is 3.03. The molecule has 0 N–H and O–H groups in total. The molecular formula is C12H16Cl2O4S. The molecule has 0 aromatic heterocycles. The van der Waals surface area contributed by atoms with Crippen LogP contribution in [0.5, 0.6) is 0 Å².